The summed E-state index contributed by atoms with van der Waals surface area (Å²) in [6, 6.07) is 10.4. The molecule has 1 aromatic heterocycles. The Morgan fingerprint density at radius 1 is 1.20 bits per heavy atom. The minimum absolute atomic E-state index is 0.135. The molecule has 3 aromatic rings. The number of nitrogens with zero attached hydrogens (tertiary/aromatic N) is 2. The number of benzene rings is 2. The second kappa shape index (κ2) is 6.72. The summed E-state index contributed by atoms with van der Waals surface area (Å²) in [6.45, 7) is 3.85. The lowest BCUT2D eigenvalue weighted by atomic mass is 10.1. The van der Waals surface area contributed by atoms with Crippen molar-refractivity contribution in [1.29, 1.82) is 0 Å². The number of non-ortho nitro benzene ring substituents is 1. The van der Waals surface area contributed by atoms with Crippen LogP contribution in [0.25, 0.3) is 10.9 Å². The van der Waals surface area contributed by atoms with Gasteiger partial charge in [-0.25, -0.2) is 4.79 Å². The van der Waals surface area contributed by atoms with Crippen molar-refractivity contribution in [2.75, 3.05) is 0 Å². The van der Waals surface area contributed by atoms with Gasteiger partial charge in [-0.1, -0.05) is 31.2 Å². The van der Waals surface area contributed by atoms with Gasteiger partial charge in [0.1, 0.15) is 6.61 Å². The third-order valence-electron chi connectivity index (χ3n) is 3.90. The summed E-state index contributed by atoms with van der Waals surface area (Å²) < 4.78 is 10.5. The zero-order valence-electron chi connectivity index (χ0n) is 13.8. The van der Waals surface area contributed by atoms with Crippen molar-refractivity contribution in [3.05, 3.63) is 73.6 Å². The van der Waals surface area contributed by atoms with Crippen molar-refractivity contribution < 1.29 is 14.1 Å². The van der Waals surface area contributed by atoms with Crippen molar-refractivity contribution in [3.8, 4) is 6.08 Å². The lowest BCUT2D eigenvalue weighted by Gasteiger charge is -2.06. The molecule has 0 unspecified atom stereocenters. The molecule has 0 aliphatic heterocycles. The second-order valence-electron chi connectivity index (χ2n) is 5.64. The van der Waals surface area contributed by atoms with Gasteiger partial charge in [0.15, 0.2) is 0 Å². The van der Waals surface area contributed by atoms with E-state index >= 15 is 0 Å². The van der Waals surface area contributed by atoms with Crippen LogP contribution in [-0.2, 0) is 13.0 Å². The predicted molar refractivity (Wildman–Crippen MR) is 91.8 cm³/mol. The molecule has 0 spiro atoms. The third kappa shape index (κ3) is 3.50. The van der Waals surface area contributed by atoms with Crippen molar-refractivity contribution in [2.24, 2.45) is 0 Å². The van der Waals surface area contributed by atoms with Crippen LogP contribution in [0.2, 0.25) is 0 Å². The molecule has 0 N–H and O–H groups in total. The molecule has 7 nitrogen and oxygen atoms in total. The summed E-state index contributed by atoms with van der Waals surface area (Å²) in [6.07, 6.45) is 0.734. The molecule has 0 aliphatic rings. The Hall–Kier alpha value is -3.22. The van der Waals surface area contributed by atoms with E-state index in [1.165, 1.54) is 17.7 Å². The lowest BCUT2D eigenvalue weighted by Crippen LogP contribution is -2.07. The van der Waals surface area contributed by atoms with Crippen LogP contribution in [-0.4, -0.2) is 9.91 Å². The van der Waals surface area contributed by atoms with Gasteiger partial charge in [0.05, 0.1) is 15.8 Å². The first-order chi connectivity index (χ1) is 12.0. The van der Waals surface area contributed by atoms with Crippen LogP contribution < -0.4 is 10.4 Å². The van der Waals surface area contributed by atoms with Crippen LogP contribution >= 0.6 is 0 Å². The lowest BCUT2D eigenvalue weighted by molar-refractivity contribution is -0.384. The van der Waals surface area contributed by atoms with Gasteiger partial charge in [0.25, 0.3) is 5.69 Å². The zero-order chi connectivity index (χ0) is 18.0. The number of aromatic nitrogens is 1. The van der Waals surface area contributed by atoms with Gasteiger partial charge in [-0.05, 0) is 30.0 Å². The highest BCUT2D eigenvalue weighted by molar-refractivity contribution is 5.83. The molecule has 7 heteroatoms. The van der Waals surface area contributed by atoms with Crippen LogP contribution in [0.1, 0.15) is 23.6 Å². The molecular weight excluding hydrogens is 324 g/mol. The van der Waals surface area contributed by atoms with Crippen molar-refractivity contribution in [3.63, 3.8) is 0 Å². The Morgan fingerprint density at radius 3 is 2.52 bits per heavy atom. The first-order valence-corrected chi connectivity index (χ1v) is 7.78. The quantitative estimate of drug-likeness (QED) is 0.520. The maximum atomic E-state index is 12.1. The molecule has 0 bridgehead atoms. The summed E-state index contributed by atoms with van der Waals surface area (Å²) in [4.78, 5) is 26.7. The number of nitro groups is 1. The Labute approximate surface area is 143 Å². The summed E-state index contributed by atoms with van der Waals surface area (Å²) in [7, 11) is 0. The van der Waals surface area contributed by atoms with Crippen molar-refractivity contribution >= 4 is 16.6 Å². The second-order valence-corrected chi connectivity index (χ2v) is 5.64. The van der Waals surface area contributed by atoms with Crippen molar-refractivity contribution in [2.45, 2.75) is 26.9 Å². The monoisotopic (exact) mass is 340 g/mol. The van der Waals surface area contributed by atoms with E-state index in [4.69, 9.17) is 9.15 Å². The average Bonchev–Trinajstić information content (AvgIpc) is 2.59. The van der Waals surface area contributed by atoms with Gasteiger partial charge in [-0.15, -0.1) is 0 Å². The summed E-state index contributed by atoms with van der Waals surface area (Å²) >= 11 is 0. The molecule has 25 heavy (non-hydrogen) atoms. The number of hydrogen-bond donors (Lipinski definition) is 0. The van der Waals surface area contributed by atoms with E-state index in [0.29, 0.717) is 5.56 Å². The molecule has 0 saturated carbocycles. The smallest absolute Gasteiger partial charge is 0.397 e. The molecule has 3 rings (SSSR count). The minimum Gasteiger partial charge on any atom is -0.445 e. The predicted octanol–water partition coefficient (Wildman–Crippen LogP) is 3.55. The molecule has 1 heterocycles. The molecule has 0 aliphatic carbocycles. The Balaban J connectivity index is 1.91. The fraction of sp³-hybridized carbons (Fsp3) is 0.222. The highest BCUT2D eigenvalue weighted by Crippen LogP contribution is 2.23. The molecule has 0 saturated heterocycles. The fourth-order valence-corrected chi connectivity index (χ4v) is 2.54. The third-order valence-corrected chi connectivity index (χ3v) is 3.90. The van der Waals surface area contributed by atoms with E-state index in [0.717, 1.165) is 12.0 Å². The highest BCUT2D eigenvalue weighted by atomic mass is 16.6. The van der Waals surface area contributed by atoms with E-state index in [1.807, 2.05) is 24.3 Å². The molecular formula is C18H16N2O5. The van der Waals surface area contributed by atoms with Crippen LogP contribution in [0.5, 0.6) is 6.08 Å². The summed E-state index contributed by atoms with van der Waals surface area (Å²) in [5, 5.41) is 11.2. The Bertz CT molecular complexity index is 993. The van der Waals surface area contributed by atoms with Gasteiger partial charge >= 0.3 is 11.7 Å². The van der Waals surface area contributed by atoms with Gasteiger partial charge < -0.3 is 9.15 Å². The SMILES string of the molecule is CCc1ccc(COc2nc3cc([N+](=O)[O-])cc(C)c3c(=O)o2)cc1. The topological polar surface area (TPSA) is 95.5 Å². The molecule has 128 valence electrons. The van der Waals surface area contributed by atoms with E-state index in [-0.39, 0.29) is 29.3 Å². The molecule has 0 atom stereocenters. The number of rotatable bonds is 5. The van der Waals surface area contributed by atoms with E-state index in [1.54, 1.807) is 6.92 Å². The minimum atomic E-state index is -0.631. The van der Waals surface area contributed by atoms with E-state index in [2.05, 4.69) is 11.9 Å². The number of nitro benzene ring substituents is 1. The van der Waals surface area contributed by atoms with Crippen LogP contribution in [0, 0.1) is 17.0 Å². The van der Waals surface area contributed by atoms with Crippen LogP contribution in [0.15, 0.2) is 45.6 Å². The van der Waals surface area contributed by atoms with Crippen LogP contribution in [0.3, 0.4) is 0 Å². The van der Waals surface area contributed by atoms with E-state index in [9.17, 15) is 14.9 Å². The maximum absolute atomic E-state index is 12.1. The van der Waals surface area contributed by atoms with Crippen molar-refractivity contribution in [1.82, 2.24) is 4.98 Å². The maximum Gasteiger partial charge on any atom is 0.397 e. The summed E-state index contributed by atoms with van der Waals surface area (Å²) in [5.74, 6) is 0. The molecule has 2 aromatic carbocycles. The van der Waals surface area contributed by atoms with Gasteiger partial charge in [-0.2, -0.15) is 4.98 Å². The zero-order valence-corrected chi connectivity index (χ0v) is 13.8. The van der Waals surface area contributed by atoms with Gasteiger partial charge in [-0.3, -0.25) is 10.1 Å². The number of ether oxygens (including phenoxy) is 1. The first-order valence-electron chi connectivity index (χ1n) is 7.78. The normalized spacial score (nSPS) is 10.8. The Kier molecular flexibility index (Phi) is 4.47. The number of hydrogen-bond acceptors (Lipinski definition) is 6. The first kappa shape index (κ1) is 16.6. The number of fused-ring (bicyclic) bond motifs is 1. The molecule has 0 amide bonds. The summed E-state index contributed by atoms with van der Waals surface area (Å²) in [5.41, 5.74) is 1.96. The van der Waals surface area contributed by atoms with E-state index < -0.39 is 10.5 Å². The largest absolute Gasteiger partial charge is 0.445 e. The fourth-order valence-electron chi connectivity index (χ4n) is 2.54. The molecule has 0 radical (unpaired) electrons. The molecule has 0 fully saturated rings. The standard InChI is InChI=1S/C18H16N2O5/c1-3-12-4-6-13(7-5-12)10-24-18-19-15-9-14(20(22)23)8-11(2)16(15)17(21)25-18/h4-9H,3,10H2,1-2H3. The average molecular weight is 340 g/mol. The Morgan fingerprint density at radius 2 is 1.88 bits per heavy atom. The van der Waals surface area contributed by atoms with Crippen LogP contribution in [0.4, 0.5) is 5.69 Å². The highest BCUT2D eigenvalue weighted by Gasteiger charge is 2.15. The number of aryl methyl sites for hydroxylation is 2. The van der Waals surface area contributed by atoms with Gasteiger partial charge in [0.2, 0.25) is 0 Å². The van der Waals surface area contributed by atoms with Gasteiger partial charge in [0, 0.05) is 12.1 Å².